The summed E-state index contributed by atoms with van der Waals surface area (Å²) in [6, 6.07) is 1.44. The minimum absolute atomic E-state index is 0.148. The van der Waals surface area contributed by atoms with Crippen LogP contribution in [-0.2, 0) is 10.0 Å². The topological polar surface area (TPSA) is 79.4 Å². The van der Waals surface area contributed by atoms with Gasteiger partial charge in [-0.15, -0.1) is 0 Å². The van der Waals surface area contributed by atoms with Crippen LogP contribution in [0.5, 0.6) is 0 Å². The first-order valence-electron chi connectivity index (χ1n) is 6.73. The number of piperidine rings is 1. The minimum Gasteiger partial charge on any atom is -0.334 e. The van der Waals surface area contributed by atoms with Gasteiger partial charge in [-0.1, -0.05) is 11.6 Å². The molecule has 0 spiro atoms. The van der Waals surface area contributed by atoms with E-state index in [1.165, 1.54) is 12.4 Å². The van der Waals surface area contributed by atoms with Crippen LogP contribution in [0, 0.1) is 0 Å². The Kier molecular flexibility index (Phi) is 5.18. The summed E-state index contributed by atoms with van der Waals surface area (Å²) in [6.45, 7) is 0.834. The van der Waals surface area contributed by atoms with Crippen molar-refractivity contribution in [1.82, 2.24) is 14.6 Å². The maximum absolute atomic E-state index is 12.6. The van der Waals surface area contributed by atoms with E-state index in [1.54, 1.807) is 11.0 Å². The highest BCUT2D eigenvalue weighted by molar-refractivity contribution is 7.88. The normalized spacial score (nSPS) is 19.5. The Morgan fingerprint density at radius 3 is 2.95 bits per heavy atom. The first-order valence-corrected chi connectivity index (χ1v) is 9.00. The van der Waals surface area contributed by atoms with Crippen molar-refractivity contribution in [3.8, 4) is 0 Å². The molecule has 0 radical (unpaired) electrons. The van der Waals surface area contributed by atoms with Crippen LogP contribution in [0.1, 0.15) is 29.6 Å². The van der Waals surface area contributed by atoms with Crippen molar-refractivity contribution in [2.24, 2.45) is 0 Å². The lowest BCUT2D eigenvalue weighted by Crippen LogP contribution is -2.49. The molecule has 0 bridgehead atoms. The van der Waals surface area contributed by atoms with Crippen molar-refractivity contribution in [1.29, 1.82) is 0 Å². The van der Waals surface area contributed by atoms with Crippen molar-refractivity contribution in [3.05, 3.63) is 29.0 Å². The largest absolute Gasteiger partial charge is 0.334 e. The molecule has 0 aliphatic carbocycles. The number of hydrogen-bond acceptors (Lipinski definition) is 4. The summed E-state index contributed by atoms with van der Waals surface area (Å²) in [5.41, 5.74) is 0.401. The van der Waals surface area contributed by atoms with Crippen LogP contribution < -0.4 is 4.72 Å². The number of likely N-dealkylation sites (tertiary alicyclic amines) is 1. The lowest BCUT2D eigenvalue weighted by Gasteiger charge is -2.36. The van der Waals surface area contributed by atoms with Gasteiger partial charge in [-0.3, -0.25) is 9.78 Å². The molecule has 116 valence electrons. The van der Waals surface area contributed by atoms with Gasteiger partial charge in [0.2, 0.25) is 10.0 Å². The van der Waals surface area contributed by atoms with E-state index in [4.69, 9.17) is 11.6 Å². The highest BCUT2D eigenvalue weighted by Gasteiger charge is 2.28. The average Bonchev–Trinajstić information content (AvgIpc) is 2.44. The Bertz CT molecular complexity index is 621. The SMILES string of the molecule is CS(=O)(=O)NCC1CCCCN1C(=O)c1ccncc1Cl. The summed E-state index contributed by atoms with van der Waals surface area (Å²) >= 11 is 6.01. The standard InChI is InChI=1S/C13H18ClN3O3S/c1-21(19,20)16-8-10-4-2-3-7-17(10)13(18)11-5-6-15-9-12(11)14/h5-6,9-10,16H,2-4,7-8H2,1H3. The molecule has 1 saturated heterocycles. The van der Waals surface area contributed by atoms with E-state index in [0.717, 1.165) is 25.5 Å². The molecule has 0 saturated carbocycles. The lowest BCUT2D eigenvalue weighted by atomic mass is 10.0. The van der Waals surface area contributed by atoms with Gasteiger partial charge in [0.05, 0.1) is 16.8 Å². The Balaban J connectivity index is 2.15. The van der Waals surface area contributed by atoms with Crippen LogP contribution >= 0.6 is 11.6 Å². The minimum atomic E-state index is -3.27. The molecule has 1 N–H and O–H groups in total. The van der Waals surface area contributed by atoms with Crippen LogP contribution in [0.3, 0.4) is 0 Å². The second-order valence-corrected chi connectivity index (χ2v) is 7.36. The zero-order valence-corrected chi connectivity index (χ0v) is 13.3. The summed E-state index contributed by atoms with van der Waals surface area (Å²) in [5.74, 6) is -0.178. The van der Waals surface area contributed by atoms with Crippen molar-refractivity contribution in [3.63, 3.8) is 0 Å². The predicted octanol–water partition coefficient (Wildman–Crippen LogP) is 1.28. The van der Waals surface area contributed by atoms with Gasteiger partial charge in [-0.05, 0) is 25.3 Å². The van der Waals surface area contributed by atoms with E-state index in [9.17, 15) is 13.2 Å². The summed E-state index contributed by atoms with van der Waals surface area (Å²) in [5, 5.41) is 0.308. The highest BCUT2D eigenvalue weighted by atomic mass is 35.5. The molecule has 1 atom stereocenters. The van der Waals surface area contributed by atoms with E-state index in [-0.39, 0.29) is 18.5 Å². The fraction of sp³-hybridized carbons (Fsp3) is 0.538. The average molecular weight is 332 g/mol. The van der Waals surface area contributed by atoms with E-state index in [2.05, 4.69) is 9.71 Å². The number of carbonyl (C=O) groups excluding carboxylic acids is 1. The molecule has 1 amide bonds. The maximum Gasteiger partial charge on any atom is 0.255 e. The van der Waals surface area contributed by atoms with E-state index in [0.29, 0.717) is 17.1 Å². The molecule has 1 aliphatic rings. The van der Waals surface area contributed by atoms with Crippen LogP contribution in [0.2, 0.25) is 5.02 Å². The van der Waals surface area contributed by atoms with Crippen LogP contribution in [0.25, 0.3) is 0 Å². The summed E-state index contributed by atoms with van der Waals surface area (Å²) in [6.07, 6.45) is 6.72. The van der Waals surface area contributed by atoms with Gasteiger partial charge in [0.1, 0.15) is 0 Å². The van der Waals surface area contributed by atoms with Gasteiger partial charge < -0.3 is 4.90 Å². The smallest absolute Gasteiger partial charge is 0.255 e. The maximum atomic E-state index is 12.6. The van der Waals surface area contributed by atoms with Crippen molar-refractivity contribution < 1.29 is 13.2 Å². The first-order chi connectivity index (χ1) is 9.88. The quantitative estimate of drug-likeness (QED) is 0.901. The Morgan fingerprint density at radius 1 is 1.52 bits per heavy atom. The van der Waals surface area contributed by atoms with E-state index in [1.807, 2.05) is 0 Å². The zero-order chi connectivity index (χ0) is 15.5. The molecule has 21 heavy (non-hydrogen) atoms. The number of hydrogen-bond donors (Lipinski definition) is 1. The molecule has 1 fully saturated rings. The monoisotopic (exact) mass is 331 g/mol. The molecule has 1 aliphatic heterocycles. The molecular formula is C13H18ClN3O3S. The number of amides is 1. The first kappa shape index (κ1) is 16.2. The number of carbonyl (C=O) groups is 1. The number of rotatable bonds is 4. The fourth-order valence-corrected chi connectivity index (χ4v) is 3.13. The van der Waals surface area contributed by atoms with Crippen molar-refractivity contribution in [2.45, 2.75) is 25.3 Å². The van der Waals surface area contributed by atoms with Crippen LogP contribution in [0.4, 0.5) is 0 Å². The van der Waals surface area contributed by atoms with E-state index >= 15 is 0 Å². The third-order valence-corrected chi connectivity index (χ3v) is 4.46. The van der Waals surface area contributed by atoms with Gasteiger partial charge in [-0.25, -0.2) is 13.1 Å². The molecular weight excluding hydrogens is 314 g/mol. The number of pyridine rings is 1. The molecule has 0 aromatic carbocycles. The third-order valence-electron chi connectivity index (χ3n) is 3.47. The van der Waals surface area contributed by atoms with Crippen molar-refractivity contribution in [2.75, 3.05) is 19.3 Å². The number of sulfonamides is 1. The molecule has 2 rings (SSSR count). The van der Waals surface area contributed by atoms with Crippen LogP contribution in [-0.4, -0.2) is 49.6 Å². The number of aromatic nitrogens is 1. The zero-order valence-electron chi connectivity index (χ0n) is 11.8. The molecule has 2 heterocycles. The Morgan fingerprint density at radius 2 is 2.29 bits per heavy atom. The second kappa shape index (κ2) is 6.72. The summed E-state index contributed by atoms with van der Waals surface area (Å²) in [7, 11) is -3.27. The number of nitrogens with one attached hydrogen (secondary N) is 1. The highest BCUT2D eigenvalue weighted by Crippen LogP contribution is 2.22. The molecule has 1 aromatic heterocycles. The van der Waals surface area contributed by atoms with Gasteiger partial charge in [-0.2, -0.15) is 0 Å². The van der Waals surface area contributed by atoms with Crippen LogP contribution in [0.15, 0.2) is 18.5 Å². The Labute approximate surface area is 129 Å². The van der Waals surface area contributed by atoms with Gasteiger partial charge in [0.15, 0.2) is 0 Å². The third kappa shape index (κ3) is 4.39. The lowest BCUT2D eigenvalue weighted by molar-refractivity contribution is 0.0619. The molecule has 1 unspecified atom stereocenters. The Hall–Kier alpha value is -1.18. The van der Waals surface area contributed by atoms with Gasteiger partial charge >= 0.3 is 0 Å². The molecule has 1 aromatic rings. The molecule has 6 nitrogen and oxygen atoms in total. The van der Waals surface area contributed by atoms with Gasteiger partial charge in [0, 0.05) is 31.5 Å². The molecule has 8 heteroatoms. The summed E-state index contributed by atoms with van der Waals surface area (Å²) < 4.78 is 24.9. The predicted molar refractivity (Wildman–Crippen MR) is 80.8 cm³/mol. The van der Waals surface area contributed by atoms with E-state index < -0.39 is 10.0 Å². The second-order valence-electron chi connectivity index (χ2n) is 5.12. The van der Waals surface area contributed by atoms with Crippen molar-refractivity contribution >= 4 is 27.5 Å². The number of halogens is 1. The fourth-order valence-electron chi connectivity index (χ4n) is 2.43. The number of nitrogens with zero attached hydrogens (tertiary/aromatic N) is 2. The summed E-state index contributed by atoms with van der Waals surface area (Å²) in [4.78, 5) is 18.2. The van der Waals surface area contributed by atoms with Gasteiger partial charge in [0.25, 0.3) is 5.91 Å².